The van der Waals surface area contributed by atoms with Crippen molar-refractivity contribution in [2.75, 3.05) is 25.5 Å². The first-order chi connectivity index (χ1) is 15.6. The molecule has 1 fully saturated rings. The minimum Gasteiger partial charge on any atom is -0.497 e. The summed E-state index contributed by atoms with van der Waals surface area (Å²) in [6, 6.07) is 14.5. The van der Waals surface area contributed by atoms with E-state index in [1.165, 1.54) is 0 Å². The third kappa shape index (κ3) is 4.80. The molecule has 1 N–H and O–H groups in total. The Morgan fingerprint density at radius 2 is 2.06 bits per heavy atom. The van der Waals surface area contributed by atoms with Gasteiger partial charge in [-0.15, -0.1) is 0 Å². The summed E-state index contributed by atoms with van der Waals surface area (Å²) in [4.78, 5) is 31.1. The van der Waals surface area contributed by atoms with Crippen molar-refractivity contribution in [3.8, 4) is 17.1 Å². The monoisotopic (exact) mass is 434 g/mol. The molecular weight excluding hydrogens is 408 g/mol. The quantitative estimate of drug-likeness (QED) is 0.627. The lowest BCUT2D eigenvalue weighted by molar-refractivity contribution is -0.115. The van der Waals surface area contributed by atoms with Gasteiger partial charge in [0.05, 0.1) is 13.0 Å². The van der Waals surface area contributed by atoms with Crippen LogP contribution in [-0.2, 0) is 4.79 Å². The third-order valence-electron chi connectivity index (χ3n) is 5.54. The lowest BCUT2D eigenvalue weighted by Gasteiger charge is -2.31. The smallest absolute Gasteiger partial charge is 0.254 e. The average molecular weight is 434 g/mol. The Labute approximate surface area is 186 Å². The highest BCUT2D eigenvalue weighted by molar-refractivity contribution is 5.94. The molecule has 1 aliphatic heterocycles. The van der Waals surface area contributed by atoms with Crippen LogP contribution in [0.4, 0.5) is 5.69 Å². The number of benzene rings is 2. The summed E-state index contributed by atoms with van der Waals surface area (Å²) < 4.78 is 10.8. The summed E-state index contributed by atoms with van der Waals surface area (Å²) in [6.45, 7) is 3.01. The summed E-state index contributed by atoms with van der Waals surface area (Å²) in [5, 5.41) is 6.97. The first-order valence-corrected chi connectivity index (χ1v) is 10.7. The maximum Gasteiger partial charge on any atom is 0.254 e. The van der Waals surface area contributed by atoms with Gasteiger partial charge in [0.1, 0.15) is 5.75 Å². The zero-order valence-corrected chi connectivity index (χ0v) is 18.2. The highest BCUT2D eigenvalue weighted by Gasteiger charge is 2.29. The molecule has 1 atom stereocenters. The van der Waals surface area contributed by atoms with Crippen molar-refractivity contribution in [1.29, 1.82) is 0 Å². The molecule has 0 saturated carbocycles. The molecule has 1 aromatic heterocycles. The van der Waals surface area contributed by atoms with Crippen molar-refractivity contribution in [2.45, 2.75) is 32.1 Å². The van der Waals surface area contributed by atoms with Gasteiger partial charge in [-0.3, -0.25) is 9.59 Å². The molecule has 0 aliphatic carbocycles. The summed E-state index contributed by atoms with van der Waals surface area (Å²) in [5.74, 6) is 1.52. The molecule has 4 rings (SSSR count). The molecule has 8 heteroatoms. The number of nitrogens with zero attached hydrogens (tertiary/aromatic N) is 3. The molecule has 1 unspecified atom stereocenters. The Morgan fingerprint density at radius 1 is 1.22 bits per heavy atom. The number of carbonyl (C=O) groups is 2. The van der Waals surface area contributed by atoms with Crippen molar-refractivity contribution >= 4 is 17.5 Å². The Kier molecular flexibility index (Phi) is 6.49. The third-order valence-corrected chi connectivity index (χ3v) is 5.54. The van der Waals surface area contributed by atoms with Crippen LogP contribution in [0.1, 0.15) is 48.4 Å². The highest BCUT2D eigenvalue weighted by atomic mass is 16.5. The lowest BCUT2D eigenvalue weighted by Crippen LogP contribution is -2.39. The van der Waals surface area contributed by atoms with Crippen LogP contribution in [0.5, 0.6) is 5.75 Å². The Hall–Kier alpha value is -3.68. The summed E-state index contributed by atoms with van der Waals surface area (Å²) in [6.07, 6.45) is 2.13. The van der Waals surface area contributed by atoms with E-state index in [0.717, 1.165) is 18.4 Å². The van der Waals surface area contributed by atoms with E-state index in [9.17, 15) is 9.59 Å². The van der Waals surface area contributed by atoms with Crippen molar-refractivity contribution < 1.29 is 18.8 Å². The van der Waals surface area contributed by atoms with E-state index in [-0.39, 0.29) is 17.7 Å². The van der Waals surface area contributed by atoms with E-state index in [4.69, 9.17) is 9.26 Å². The van der Waals surface area contributed by atoms with Crippen LogP contribution < -0.4 is 10.1 Å². The van der Waals surface area contributed by atoms with E-state index < -0.39 is 0 Å². The Bertz CT molecular complexity index is 1110. The van der Waals surface area contributed by atoms with Gasteiger partial charge >= 0.3 is 0 Å². The second-order valence-corrected chi connectivity index (χ2v) is 7.76. The largest absolute Gasteiger partial charge is 0.497 e. The van der Waals surface area contributed by atoms with Crippen LogP contribution >= 0.6 is 0 Å². The van der Waals surface area contributed by atoms with Crippen LogP contribution in [-0.4, -0.2) is 47.1 Å². The number of likely N-dealkylation sites (tertiary alicyclic amines) is 1. The van der Waals surface area contributed by atoms with Gasteiger partial charge in [-0.25, -0.2) is 0 Å². The van der Waals surface area contributed by atoms with E-state index in [0.29, 0.717) is 48.2 Å². The summed E-state index contributed by atoms with van der Waals surface area (Å²) >= 11 is 0. The number of hydrogen-bond acceptors (Lipinski definition) is 6. The van der Waals surface area contributed by atoms with Crippen LogP contribution in [0.2, 0.25) is 0 Å². The Balaban J connectivity index is 1.48. The van der Waals surface area contributed by atoms with Crippen molar-refractivity contribution in [3.05, 3.63) is 60.0 Å². The lowest BCUT2D eigenvalue weighted by atomic mass is 9.97. The van der Waals surface area contributed by atoms with Gasteiger partial charge in [-0.05, 0) is 43.2 Å². The van der Waals surface area contributed by atoms with E-state index in [2.05, 4.69) is 15.5 Å². The SMILES string of the molecule is CCC(=O)Nc1cccc(-c2noc(C3CCCN(C(=O)c4cccc(OC)c4)C3)n2)c1. The first-order valence-electron chi connectivity index (χ1n) is 10.7. The van der Waals surface area contributed by atoms with Gasteiger partial charge in [0, 0.05) is 36.3 Å². The van der Waals surface area contributed by atoms with Gasteiger partial charge in [0.15, 0.2) is 0 Å². The molecule has 1 saturated heterocycles. The van der Waals surface area contributed by atoms with E-state index in [1.807, 2.05) is 41.3 Å². The molecule has 2 aromatic carbocycles. The first kappa shape index (κ1) is 21.5. The molecule has 8 nitrogen and oxygen atoms in total. The van der Waals surface area contributed by atoms with Gasteiger partial charge in [0.2, 0.25) is 17.6 Å². The number of methoxy groups -OCH3 is 1. The van der Waals surface area contributed by atoms with Gasteiger partial charge in [-0.2, -0.15) is 4.98 Å². The molecule has 32 heavy (non-hydrogen) atoms. The standard InChI is InChI=1S/C24H26N4O4/c1-3-21(29)25-19-10-4-7-16(13-19)22-26-23(32-27-22)18-9-6-12-28(15-18)24(30)17-8-5-11-20(14-17)31-2/h4-5,7-8,10-11,13-14,18H,3,6,9,12,15H2,1-2H3,(H,25,29). The fourth-order valence-electron chi connectivity index (χ4n) is 3.81. The maximum atomic E-state index is 13.0. The minimum atomic E-state index is -0.0565. The van der Waals surface area contributed by atoms with Crippen molar-refractivity contribution in [3.63, 3.8) is 0 Å². The Morgan fingerprint density at radius 3 is 2.88 bits per heavy atom. The summed E-state index contributed by atoms with van der Waals surface area (Å²) in [5.41, 5.74) is 2.05. The number of rotatable bonds is 6. The fourth-order valence-corrected chi connectivity index (χ4v) is 3.81. The second kappa shape index (κ2) is 9.64. The van der Waals surface area contributed by atoms with Crippen LogP contribution in [0.15, 0.2) is 53.1 Å². The molecule has 2 heterocycles. The van der Waals surface area contributed by atoms with Crippen LogP contribution in [0.25, 0.3) is 11.4 Å². The van der Waals surface area contributed by atoms with Crippen LogP contribution in [0, 0.1) is 0 Å². The predicted molar refractivity (Wildman–Crippen MR) is 120 cm³/mol. The second-order valence-electron chi connectivity index (χ2n) is 7.76. The van der Waals surface area contributed by atoms with Crippen molar-refractivity contribution in [2.24, 2.45) is 0 Å². The molecule has 0 radical (unpaired) electrons. The topological polar surface area (TPSA) is 97.6 Å². The zero-order chi connectivity index (χ0) is 22.5. The number of carbonyl (C=O) groups excluding carboxylic acids is 2. The minimum absolute atomic E-state index is 0.0254. The van der Waals surface area contributed by atoms with Crippen LogP contribution in [0.3, 0.4) is 0 Å². The average Bonchev–Trinajstić information content (AvgIpc) is 3.34. The van der Waals surface area contributed by atoms with E-state index >= 15 is 0 Å². The molecule has 166 valence electrons. The number of ether oxygens (including phenoxy) is 1. The fraction of sp³-hybridized carbons (Fsp3) is 0.333. The normalized spacial score (nSPS) is 15.9. The van der Waals surface area contributed by atoms with Gasteiger partial charge < -0.3 is 19.5 Å². The number of aromatic nitrogens is 2. The maximum absolute atomic E-state index is 13.0. The predicted octanol–water partition coefficient (Wildman–Crippen LogP) is 4.11. The zero-order valence-electron chi connectivity index (χ0n) is 18.2. The highest BCUT2D eigenvalue weighted by Crippen LogP contribution is 2.29. The molecule has 2 amide bonds. The number of amides is 2. The molecule has 0 spiro atoms. The summed E-state index contributed by atoms with van der Waals surface area (Å²) in [7, 11) is 1.58. The number of nitrogens with one attached hydrogen (secondary N) is 1. The number of piperidine rings is 1. The van der Waals surface area contributed by atoms with E-state index in [1.54, 1.807) is 26.2 Å². The molecule has 0 bridgehead atoms. The molecular formula is C24H26N4O4. The number of anilines is 1. The van der Waals surface area contributed by atoms with Crippen molar-refractivity contribution in [1.82, 2.24) is 15.0 Å². The molecule has 1 aliphatic rings. The van der Waals surface area contributed by atoms with Gasteiger partial charge in [0.25, 0.3) is 5.91 Å². The molecule has 3 aromatic rings. The van der Waals surface area contributed by atoms with Gasteiger partial charge in [-0.1, -0.05) is 30.3 Å². The number of hydrogen-bond donors (Lipinski definition) is 1.